The molecular formula is C7H2BrF3O2. The van der Waals surface area contributed by atoms with Gasteiger partial charge in [0.2, 0.25) is 0 Å². The van der Waals surface area contributed by atoms with E-state index in [-0.39, 0.29) is 0 Å². The first-order valence-electron chi connectivity index (χ1n) is 3.01. The van der Waals surface area contributed by atoms with Gasteiger partial charge in [-0.05, 0) is 15.9 Å². The molecule has 0 aromatic heterocycles. The van der Waals surface area contributed by atoms with Gasteiger partial charge in [0.25, 0.3) is 0 Å². The zero-order chi connectivity index (χ0) is 10.2. The van der Waals surface area contributed by atoms with E-state index in [1.165, 1.54) is 0 Å². The van der Waals surface area contributed by atoms with Crippen molar-refractivity contribution in [3.8, 4) is 0 Å². The van der Waals surface area contributed by atoms with Crippen molar-refractivity contribution in [2.75, 3.05) is 0 Å². The van der Waals surface area contributed by atoms with Crippen molar-refractivity contribution >= 4 is 21.9 Å². The highest BCUT2D eigenvalue weighted by Gasteiger charge is 2.21. The number of aromatic carboxylic acids is 1. The van der Waals surface area contributed by atoms with Crippen LogP contribution in [0, 0.1) is 17.5 Å². The van der Waals surface area contributed by atoms with Crippen molar-refractivity contribution in [3.63, 3.8) is 0 Å². The largest absolute Gasteiger partial charge is 0.477 e. The van der Waals surface area contributed by atoms with Gasteiger partial charge in [0.1, 0.15) is 17.2 Å². The first-order chi connectivity index (χ1) is 5.95. The maximum atomic E-state index is 12.9. The quantitative estimate of drug-likeness (QED) is 0.618. The number of halogens is 4. The summed E-state index contributed by atoms with van der Waals surface area (Å²) in [5, 5.41) is 8.34. The van der Waals surface area contributed by atoms with E-state index in [9.17, 15) is 18.0 Å². The maximum Gasteiger partial charge on any atom is 0.341 e. The minimum absolute atomic E-state index is 0.302. The van der Waals surface area contributed by atoms with Crippen LogP contribution in [0.1, 0.15) is 10.4 Å². The number of carboxylic acid groups (broad SMARTS) is 1. The summed E-state index contributed by atoms with van der Waals surface area (Å²) in [6, 6.07) is 0.302. The minimum atomic E-state index is -1.78. The van der Waals surface area contributed by atoms with Gasteiger partial charge >= 0.3 is 5.97 Å². The fourth-order valence-corrected chi connectivity index (χ4v) is 1.07. The SMILES string of the molecule is O=C(O)c1c(F)cc(F)c(Br)c1F. The summed E-state index contributed by atoms with van der Waals surface area (Å²) in [5.41, 5.74) is -1.17. The Labute approximate surface area is 79.1 Å². The molecule has 0 saturated carbocycles. The Hall–Kier alpha value is -1.04. The normalized spacial score (nSPS) is 10.2. The van der Waals surface area contributed by atoms with Gasteiger partial charge < -0.3 is 5.11 Å². The summed E-state index contributed by atoms with van der Waals surface area (Å²) in [6.07, 6.45) is 0. The molecule has 1 N–H and O–H groups in total. The molecule has 0 unspecified atom stereocenters. The second-order valence-corrected chi connectivity index (χ2v) is 2.94. The van der Waals surface area contributed by atoms with Crippen LogP contribution in [-0.4, -0.2) is 11.1 Å². The van der Waals surface area contributed by atoms with Crippen molar-refractivity contribution < 1.29 is 23.1 Å². The lowest BCUT2D eigenvalue weighted by Crippen LogP contribution is -2.06. The summed E-state index contributed by atoms with van der Waals surface area (Å²) in [4.78, 5) is 10.3. The third-order valence-electron chi connectivity index (χ3n) is 1.33. The van der Waals surface area contributed by atoms with Gasteiger partial charge in [0, 0.05) is 6.07 Å². The molecule has 0 fully saturated rings. The lowest BCUT2D eigenvalue weighted by Gasteiger charge is -2.02. The van der Waals surface area contributed by atoms with Crippen LogP contribution in [0.15, 0.2) is 10.5 Å². The zero-order valence-corrected chi connectivity index (χ0v) is 7.53. The van der Waals surface area contributed by atoms with Crippen molar-refractivity contribution in [1.29, 1.82) is 0 Å². The Bertz CT molecular complexity index is 378. The van der Waals surface area contributed by atoms with Gasteiger partial charge in [0.05, 0.1) is 4.47 Å². The van der Waals surface area contributed by atoms with Crippen LogP contribution in [0.4, 0.5) is 13.2 Å². The van der Waals surface area contributed by atoms with Crippen LogP contribution in [0.25, 0.3) is 0 Å². The van der Waals surface area contributed by atoms with Crippen molar-refractivity contribution in [2.45, 2.75) is 0 Å². The van der Waals surface area contributed by atoms with E-state index in [0.717, 1.165) is 0 Å². The topological polar surface area (TPSA) is 37.3 Å². The smallest absolute Gasteiger partial charge is 0.341 e. The standard InChI is InChI=1S/C7H2BrF3O2/c8-5-3(10)1-2(9)4(6(5)11)7(12)13/h1H,(H,12,13). The summed E-state index contributed by atoms with van der Waals surface area (Å²) >= 11 is 2.45. The van der Waals surface area contributed by atoms with Crippen molar-refractivity contribution in [1.82, 2.24) is 0 Å². The molecule has 0 amide bonds. The highest BCUT2D eigenvalue weighted by atomic mass is 79.9. The number of hydrogen-bond acceptors (Lipinski definition) is 1. The van der Waals surface area contributed by atoms with Crippen LogP contribution < -0.4 is 0 Å². The van der Waals surface area contributed by atoms with Gasteiger partial charge in [-0.25, -0.2) is 18.0 Å². The van der Waals surface area contributed by atoms with Gasteiger partial charge in [-0.15, -0.1) is 0 Å². The van der Waals surface area contributed by atoms with Gasteiger partial charge in [-0.3, -0.25) is 0 Å². The average Bonchev–Trinajstić information content (AvgIpc) is 1.99. The van der Waals surface area contributed by atoms with Crippen molar-refractivity contribution in [3.05, 3.63) is 33.6 Å². The molecule has 0 radical (unpaired) electrons. The Kier molecular flexibility index (Phi) is 2.60. The molecule has 0 heterocycles. The number of carboxylic acids is 1. The number of carbonyl (C=O) groups is 1. The molecule has 13 heavy (non-hydrogen) atoms. The van der Waals surface area contributed by atoms with Crippen molar-refractivity contribution in [2.24, 2.45) is 0 Å². The molecule has 0 spiro atoms. The van der Waals surface area contributed by atoms with E-state index >= 15 is 0 Å². The zero-order valence-electron chi connectivity index (χ0n) is 5.94. The van der Waals surface area contributed by atoms with E-state index in [1.807, 2.05) is 0 Å². The van der Waals surface area contributed by atoms with E-state index in [4.69, 9.17) is 5.11 Å². The van der Waals surface area contributed by atoms with E-state index in [2.05, 4.69) is 15.9 Å². The lowest BCUT2D eigenvalue weighted by atomic mass is 10.2. The van der Waals surface area contributed by atoms with Crippen LogP contribution in [0.2, 0.25) is 0 Å². The highest BCUT2D eigenvalue weighted by Crippen LogP contribution is 2.24. The molecule has 0 atom stereocenters. The number of hydrogen-bond donors (Lipinski definition) is 1. The Morgan fingerprint density at radius 3 is 2.31 bits per heavy atom. The van der Waals surface area contributed by atoms with Gasteiger partial charge in [-0.1, -0.05) is 0 Å². The van der Waals surface area contributed by atoms with E-state index < -0.39 is 33.5 Å². The van der Waals surface area contributed by atoms with Crippen LogP contribution in [0.5, 0.6) is 0 Å². The molecule has 1 aromatic carbocycles. The molecule has 0 aliphatic heterocycles. The molecule has 6 heteroatoms. The average molecular weight is 255 g/mol. The predicted molar refractivity (Wildman–Crippen MR) is 41.0 cm³/mol. The Morgan fingerprint density at radius 2 is 1.85 bits per heavy atom. The van der Waals surface area contributed by atoms with Gasteiger partial charge in [-0.2, -0.15) is 0 Å². The molecule has 0 aliphatic rings. The summed E-state index contributed by atoms with van der Waals surface area (Å²) in [6.45, 7) is 0. The summed E-state index contributed by atoms with van der Waals surface area (Å²) in [7, 11) is 0. The minimum Gasteiger partial charge on any atom is -0.477 e. The Morgan fingerprint density at radius 1 is 1.31 bits per heavy atom. The van der Waals surface area contributed by atoms with Crippen LogP contribution >= 0.6 is 15.9 Å². The van der Waals surface area contributed by atoms with E-state index in [1.54, 1.807) is 0 Å². The third-order valence-corrected chi connectivity index (χ3v) is 2.05. The molecular weight excluding hydrogens is 253 g/mol. The first kappa shape index (κ1) is 10.0. The van der Waals surface area contributed by atoms with Crippen LogP contribution in [-0.2, 0) is 0 Å². The first-order valence-corrected chi connectivity index (χ1v) is 3.80. The second kappa shape index (κ2) is 3.37. The summed E-state index contributed by atoms with van der Waals surface area (Å²) in [5.74, 6) is -5.86. The highest BCUT2D eigenvalue weighted by molar-refractivity contribution is 9.10. The fourth-order valence-electron chi connectivity index (χ4n) is 0.762. The van der Waals surface area contributed by atoms with Crippen LogP contribution in [0.3, 0.4) is 0 Å². The molecule has 1 rings (SSSR count). The van der Waals surface area contributed by atoms with E-state index in [0.29, 0.717) is 6.07 Å². The monoisotopic (exact) mass is 254 g/mol. The molecule has 0 saturated heterocycles. The second-order valence-electron chi connectivity index (χ2n) is 2.15. The molecule has 1 aromatic rings. The third kappa shape index (κ3) is 1.67. The predicted octanol–water partition coefficient (Wildman–Crippen LogP) is 2.56. The molecule has 0 bridgehead atoms. The number of rotatable bonds is 1. The lowest BCUT2D eigenvalue weighted by molar-refractivity contribution is 0.0686. The van der Waals surface area contributed by atoms with Gasteiger partial charge in [0.15, 0.2) is 5.82 Å². The molecule has 2 nitrogen and oxygen atoms in total. The maximum absolute atomic E-state index is 12.9. The summed E-state index contributed by atoms with van der Waals surface area (Å²) < 4.78 is 37.4. The Balaban J connectivity index is 3.53. The fraction of sp³-hybridized carbons (Fsp3) is 0. The molecule has 70 valence electrons. The number of benzene rings is 1. The molecule has 0 aliphatic carbocycles.